The third-order valence-corrected chi connectivity index (χ3v) is 1.68. The van der Waals surface area contributed by atoms with E-state index in [1.54, 1.807) is 6.92 Å². The molecule has 0 atom stereocenters. The predicted molar refractivity (Wildman–Crippen MR) is 51.6 cm³/mol. The number of anilines is 1. The van der Waals surface area contributed by atoms with Crippen molar-refractivity contribution in [1.82, 2.24) is 0 Å². The Labute approximate surface area is 80.9 Å². The lowest BCUT2D eigenvalue weighted by atomic mass is 10.1. The van der Waals surface area contributed by atoms with E-state index in [9.17, 15) is 9.18 Å². The minimum absolute atomic E-state index is 0.121. The van der Waals surface area contributed by atoms with Crippen molar-refractivity contribution in [2.45, 2.75) is 6.92 Å². The summed E-state index contributed by atoms with van der Waals surface area (Å²) in [5.41, 5.74) is 11.4. The molecule has 0 aliphatic rings. The lowest BCUT2D eigenvalue weighted by Gasteiger charge is -2.01. The molecular weight excluding hydrogens is 183 g/mol. The Balaban J connectivity index is 3.18. The second-order valence-corrected chi connectivity index (χ2v) is 2.80. The highest BCUT2D eigenvalue weighted by Gasteiger charge is 2.02. The van der Waals surface area contributed by atoms with Crippen molar-refractivity contribution >= 4 is 11.6 Å². The molecule has 1 aromatic carbocycles. The first kappa shape index (κ1) is 10.1. The SMILES string of the molecule is Cc1cc(C#CC(N)=O)c(F)cc1N. The van der Waals surface area contributed by atoms with E-state index >= 15 is 0 Å². The number of carbonyl (C=O) groups excluding carboxylic acids is 1. The third-order valence-electron chi connectivity index (χ3n) is 1.68. The number of hydrogen-bond donors (Lipinski definition) is 2. The van der Waals surface area contributed by atoms with Crippen LogP contribution in [0.2, 0.25) is 0 Å². The smallest absolute Gasteiger partial charge is 0.293 e. The first-order valence-corrected chi connectivity index (χ1v) is 3.88. The number of primary amides is 1. The molecule has 72 valence electrons. The summed E-state index contributed by atoms with van der Waals surface area (Å²) < 4.78 is 13.1. The van der Waals surface area contributed by atoms with Gasteiger partial charge in [-0.25, -0.2) is 4.39 Å². The van der Waals surface area contributed by atoms with Gasteiger partial charge in [0.1, 0.15) is 5.82 Å². The van der Waals surface area contributed by atoms with Gasteiger partial charge in [0, 0.05) is 11.6 Å². The monoisotopic (exact) mass is 192 g/mol. The lowest BCUT2D eigenvalue weighted by molar-refractivity contribution is -0.112. The van der Waals surface area contributed by atoms with Gasteiger partial charge < -0.3 is 11.5 Å². The van der Waals surface area contributed by atoms with Gasteiger partial charge in [-0.1, -0.05) is 5.92 Å². The highest BCUT2D eigenvalue weighted by Crippen LogP contribution is 2.15. The van der Waals surface area contributed by atoms with Gasteiger partial charge in [-0.05, 0) is 24.6 Å². The molecular formula is C10H9FN2O. The minimum atomic E-state index is -0.793. The average molecular weight is 192 g/mol. The zero-order valence-electron chi connectivity index (χ0n) is 7.60. The molecule has 0 fully saturated rings. The Morgan fingerprint density at radius 3 is 2.71 bits per heavy atom. The minimum Gasteiger partial charge on any atom is -0.398 e. The van der Waals surface area contributed by atoms with Crippen LogP contribution in [0.3, 0.4) is 0 Å². The summed E-state index contributed by atoms with van der Waals surface area (Å²) in [6.07, 6.45) is 0. The second kappa shape index (κ2) is 3.79. The van der Waals surface area contributed by atoms with E-state index in [1.165, 1.54) is 12.1 Å². The van der Waals surface area contributed by atoms with Crippen LogP contribution >= 0.6 is 0 Å². The number of nitrogen functional groups attached to an aromatic ring is 1. The van der Waals surface area contributed by atoms with Crippen LogP contribution in [-0.4, -0.2) is 5.91 Å². The average Bonchev–Trinajstić information content (AvgIpc) is 2.09. The molecule has 1 aromatic rings. The first-order chi connectivity index (χ1) is 6.50. The molecule has 0 saturated heterocycles. The largest absolute Gasteiger partial charge is 0.398 e. The molecule has 0 bridgehead atoms. The number of benzene rings is 1. The molecule has 0 unspecified atom stereocenters. The van der Waals surface area contributed by atoms with Crippen molar-refractivity contribution in [2.75, 3.05) is 5.73 Å². The molecule has 0 aliphatic carbocycles. The van der Waals surface area contributed by atoms with Gasteiger partial charge in [0.25, 0.3) is 5.91 Å². The van der Waals surface area contributed by atoms with Gasteiger partial charge in [-0.2, -0.15) is 0 Å². The molecule has 4 heteroatoms. The van der Waals surface area contributed by atoms with Gasteiger partial charge in [0.05, 0.1) is 5.56 Å². The number of carbonyl (C=O) groups is 1. The van der Waals surface area contributed by atoms with E-state index in [0.29, 0.717) is 11.3 Å². The van der Waals surface area contributed by atoms with E-state index < -0.39 is 11.7 Å². The van der Waals surface area contributed by atoms with Gasteiger partial charge in [-0.3, -0.25) is 4.79 Å². The number of hydrogen-bond acceptors (Lipinski definition) is 2. The van der Waals surface area contributed by atoms with Crippen LogP contribution in [-0.2, 0) is 4.79 Å². The van der Waals surface area contributed by atoms with E-state index in [1.807, 2.05) is 0 Å². The quantitative estimate of drug-likeness (QED) is 0.465. The lowest BCUT2D eigenvalue weighted by Crippen LogP contribution is -2.06. The summed E-state index contributed by atoms with van der Waals surface area (Å²) in [6, 6.07) is 2.64. The molecule has 0 aromatic heterocycles. The van der Waals surface area contributed by atoms with Crippen LogP contribution in [0.1, 0.15) is 11.1 Å². The van der Waals surface area contributed by atoms with Crippen LogP contribution < -0.4 is 11.5 Å². The van der Waals surface area contributed by atoms with Crippen molar-refractivity contribution < 1.29 is 9.18 Å². The Morgan fingerprint density at radius 2 is 2.14 bits per heavy atom. The molecule has 1 amide bonds. The maximum Gasteiger partial charge on any atom is 0.293 e. The fourth-order valence-electron chi connectivity index (χ4n) is 0.922. The number of rotatable bonds is 0. The fraction of sp³-hybridized carbons (Fsp3) is 0.100. The summed E-state index contributed by atoms with van der Waals surface area (Å²) in [4.78, 5) is 10.3. The van der Waals surface area contributed by atoms with Crippen LogP contribution in [0.15, 0.2) is 12.1 Å². The summed E-state index contributed by atoms with van der Waals surface area (Å²) in [7, 11) is 0. The number of amides is 1. The summed E-state index contributed by atoms with van der Waals surface area (Å²) in [5.74, 6) is 3.04. The molecule has 4 N–H and O–H groups in total. The Kier molecular flexibility index (Phi) is 2.73. The molecule has 0 aliphatic heterocycles. The molecule has 1 rings (SSSR count). The normalized spacial score (nSPS) is 9.00. The third kappa shape index (κ3) is 2.23. The van der Waals surface area contributed by atoms with Crippen LogP contribution in [0.4, 0.5) is 10.1 Å². The van der Waals surface area contributed by atoms with Crippen molar-refractivity contribution in [1.29, 1.82) is 0 Å². The second-order valence-electron chi connectivity index (χ2n) is 2.80. The van der Waals surface area contributed by atoms with Crippen LogP contribution in [0, 0.1) is 24.6 Å². The summed E-state index contributed by atoms with van der Waals surface area (Å²) >= 11 is 0. The maximum atomic E-state index is 13.1. The number of halogens is 1. The van der Waals surface area contributed by atoms with E-state index in [4.69, 9.17) is 11.5 Å². The standard InChI is InChI=1S/C10H9FN2O/c1-6-4-7(2-3-10(13)14)8(11)5-9(6)12/h4-5H,12H2,1H3,(H2,13,14). The number of nitrogens with two attached hydrogens (primary N) is 2. The number of aryl methyl sites for hydroxylation is 1. The molecule has 0 heterocycles. The predicted octanol–water partition coefficient (Wildman–Crippen LogP) is 0.553. The van der Waals surface area contributed by atoms with Gasteiger partial charge in [-0.15, -0.1) is 0 Å². The fourth-order valence-corrected chi connectivity index (χ4v) is 0.922. The van der Waals surface area contributed by atoms with Crippen molar-refractivity contribution in [3.8, 4) is 11.8 Å². The summed E-state index contributed by atoms with van der Waals surface area (Å²) in [5, 5.41) is 0. The van der Waals surface area contributed by atoms with E-state index in [0.717, 1.165) is 0 Å². The zero-order chi connectivity index (χ0) is 10.7. The van der Waals surface area contributed by atoms with E-state index in [2.05, 4.69) is 11.8 Å². The Hall–Kier alpha value is -2.02. The summed E-state index contributed by atoms with van der Waals surface area (Å²) in [6.45, 7) is 1.73. The van der Waals surface area contributed by atoms with Crippen molar-refractivity contribution in [2.24, 2.45) is 5.73 Å². The van der Waals surface area contributed by atoms with Gasteiger partial charge in [0.2, 0.25) is 0 Å². The Bertz CT molecular complexity index is 443. The highest BCUT2D eigenvalue weighted by molar-refractivity contribution is 5.92. The molecule has 3 nitrogen and oxygen atoms in total. The zero-order valence-corrected chi connectivity index (χ0v) is 7.60. The molecule has 0 saturated carbocycles. The van der Waals surface area contributed by atoms with E-state index in [-0.39, 0.29) is 5.56 Å². The highest BCUT2D eigenvalue weighted by atomic mass is 19.1. The molecule has 14 heavy (non-hydrogen) atoms. The van der Waals surface area contributed by atoms with Crippen LogP contribution in [0.5, 0.6) is 0 Å². The van der Waals surface area contributed by atoms with Gasteiger partial charge in [0.15, 0.2) is 0 Å². The first-order valence-electron chi connectivity index (χ1n) is 3.88. The van der Waals surface area contributed by atoms with Crippen LogP contribution in [0.25, 0.3) is 0 Å². The Morgan fingerprint density at radius 1 is 1.50 bits per heavy atom. The van der Waals surface area contributed by atoms with Gasteiger partial charge >= 0.3 is 0 Å². The molecule has 0 spiro atoms. The van der Waals surface area contributed by atoms with Crippen molar-refractivity contribution in [3.63, 3.8) is 0 Å². The van der Waals surface area contributed by atoms with Crippen molar-refractivity contribution in [3.05, 3.63) is 29.1 Å². The topological polar surface area (TPSA) is 69.1 Å². The molecule has 0 radical (unpaired) electrons. The maximum absolute atomic E-state index is 13.1.